The van der Waals surface area contributed by atoms with Crippen LogP contribution in [0.4, 0.5) is 11.4 Å². The van der Waals surface area contributed by atoms with Gasteiger partial charge in [-0.15, -0.1) is 0 Å². The molecule has 0 aliphatic heterocycles. The van der Waals surface area contributed by atoms with Crippen LogP contribution in [-0.2, 0) is 20.0 Å². The zero-order valence-electron chi connectivity index (χ0n) is 11.0. The van der Waals surface area contributed by atoms with Gasteiger partial charge in [-0.1, -0.05) is 6.92 Å². The summed E-state index contributed by atoms with van der Waals surface area (Å²) in [4.78, 5) is -0.0938. The SMILES string of the molecule is CCNS(=O)(=O)CCNc1cc(S(N)(=O)=O)ccc1N. The maximum absolute atomic E-state index is 11.4. The second kappa shape index (κ2) is 6.39. The lowest BCUT2D eigenvalue weighted by Gasteiger charge is -2.11. The minimum Gasteiger partial charge on any atom is -0.397 e. The van der Waals surface area contributed by atoms with Crippen LogP contribution in [0.15, 0.2) is 23.1 Å². The van der Waals surface area contributed by atoms with Crippen LogP contribution in [0.2, 0.25) is 0 Å². The molecule has 0 aromatic heterocycles. The van der Waals surface area contributed by atoms with E-state index in [1.807, 2.05) is 0 Å². The monoisotopic (exact) mass is 322 g/mol. The van der Waals surface area contributed by atoms with Crippen molar-refractivity contribution >= 4 is 31.4 Å². The molecule has 1 aromatic rings. The first-order chi connectivity index (χ1) is 9.15. The van der Waals surface area contributed by atoms with Gasteiger partial charge in [0.2, 0.25) is 20.0 Å². The van der Waals surface area contributed by atoms with Crippen molar-refractivity contribution in [2.24, 2.45) is 5.14 Å². The predicted octanol–water partition coefficient (Wildman–Crippen LogP) is -0.733. The van der Waals surface area contributed by atoms with Crippen LogP contribution in [0, 0.1) is 0 Å². The Bertz CT molecular complexity index is 670. The molecule has 0 aliphatic carbocycles. The molecular formula is C10H18N4O4S2. The van der Waals surface area contributed by atoms with Crippen molar-refractivity contribution in [3.8, 4) is 0 Å². The number of nitrogens with one attached hydrogen (secondary N) is 2. The number of rotatable bonds is 7. The van der Waals surface area contributed by atoms with Crippen LogP contribution >= 0.6 is 0 Å². The summed E-state index contributed by atoms with van der Waals surface area (Å²) in [6, 6.07) is 3.94. The lowest BCUT2D eigenvalue weighted by atomic mass is 10.2. The zero-order chi connectivity index (χ0) is 15.4. The Morgan fingerprint density at radius 2 is 1.85 bits per heavy atom. The normalized spacial score (nSPS) is 12.3. The third kappa shape index (κ3) is 4.96. The van der Waals surface area contributed by atoms with Crippen LogP contribution in [0.5, 0.6) is 0 Å². The van der Waals surface area contributed by atoms with Crippen molar-refractivity contribution in [3.63, 3.8) is 0 Å². The average molecular weight is 322 g/mol. The van der Waals surface area contributed by atoms with Crippen LogP contribution in [0.25, 0.3) is 0 Å². The van der Waals surface area contributed by atoms with E-state index >= 15 is 0 Å². The fourth-order valence-electron chi connectivity index (χ4n) is 1.48. The fourth-order valence-corrected chi connectivity index (χ4v) is 2.97. The molecule has 0 heterocycles. The van der Waals surface area contributed by atoms with E-state index in [0.717, 1.165) is 0 Å². The summed E-state index contributed by atoms with van der Waals surface area (Å²) in [6.07, 6.45) is 0. The van der Waals surface area contributed by atoms with Gasteiger partial charge in [-0.3, -0.25) is 0 Å². The molecule has 0 aliphatic rings. The van der Waals surface area contributed by atoms with Gasteiger partial charge in [0.15, 0.2) is 0 Å². The molecule has 8 nitrogen and oxygen atoms in total. The Balaban J connectivity index is 2.79. The first kappa shape index (κ1) is 16.7. The molecule has 0 atom stereocenters. The molecule has 0 unspecified atom stereocenters. The second-order valence-corrected chi connectivity index (χ2v) is 7.53. The first-order valence-corrected chi connectivity index (χ1v) is 8.99. The van der Waals surface area contributed by atoms with Crippen molar-refractivity contribution in [1.29, 1.82) is 0 Å². The molecule has 0 amide bonds. The molecule has 0 fully saturated rings. The van der Waals surface area contributed by atoms with Crippen LogP contribution < -0.4 is 20.9 Å². The van der Waals surface area contributed by atoms with Gasteiger partial charge in [-0.05, 0) is 18.2 Å². The summed E-state index contributed by atoms with van der Waals surface area (Å²) < 4.78 is 47.6. The summed E-state index contributed by atoms with van der Waals surface area (Å²) in [5, 5.41) is 7.79. The van der Waals surface area contributed by atoms with Crippen LogP contribution in [0.3, 0.4) is 0 Å². The molecule has 0 spiro atoms. The van der Waals surface area contributed by atoms with E-state index in [-0.39, 0.29) is 17.2 Å². The highest BCUT2D eigenvalue weighted by Gasteiger charge is 2.12. The van der Waals surface area contributed by atoms with Gasteiger partial charge in [0, 0.05) is 13.1 Å². The number of primary sulfonamides is 1. The summed E-state index contributed by atoms with van der Waals surface area (Å²) >= 11 is 0. The van der Waals surface area contributed by atoms with E-state index in [9.17, 15) is 16.8 Å². The number of hydrogen-bond donors (Lipinski definition) is 4. The van der Waals surface area contributed by atoms with Crippen molar-refractivity contribution < 1.29 is 16.8 Å². The standard InChI is InChI=1S/C10H18N4O4S2/c1-2-14-19(15,16)6-5-13-10-7-8(20(12,17)18)3-4-9(10)11/h3-4,7,13-14H,2,5-6,11H2,1H3,(H2,12,17,18). The summed E-state index contributed by atoms with van der Waals surface area (Å²) in [5.41, 5.74) is 6.30. The van der Waals surface area contributed by atoms with E-state index in [4.69, 9.17) is 10.9 Å². The van der Waals surface area contributed by atoms with Crippen molar-refractivity contribution in [2.45, 2.75) is 11.8 Å². The van der Waals surface area contributed by atoms with Crippen LogP contribution in [0.1, 0.15) is 6.92 Å². The third-order valence-electron chi connectivity index (χ3n) is 2.40. The second-order valence-electron chi connectivity index (χ2n) is 4.04. The van der Waals surface area contributed by atoms with E-state index in [1.165, 1.54) is 18.2 Å². The molecule has 1 aromatic carbocycles. The highest BCUT2D eigenvalue weighted by atomic mass is 32.2. The maximum Gasteiger partial charge on any atom is 0.238 e. The minimum absolute atomic E-state index is 0.0909. The molecule has 10 heteroatoms. The Morgan fingerprint density at radius 3 is 2.40 bits per heavy atom. The van der Waals surface area contributed by atoms with Gasteiger partial charge in [-0.25, -0.2) is 26.7 Å². The van der Waals surface area contributed by atoms with E-state index < -0.39 is 20.0 Å². The average Bonchev–Trinajstić information content (AvgIpc) is 2.29. The van der Waals surface area contributed by atoms with Gasteiger partial charge in [0.25, 0.3) is 0 Å². The molecule has 20 heavy (non-hydrogen) atoms. The maximum atomic E-state index is 11.4. The van der Waals surface area contributed by atoms with Crippen molar-refractivity contribution in [3.05, 3.63) is 18.2 Å². The lowest BCUT2D eigenvalue weighted by molar-refractivity contribution is 0.584. The lowest BCUT2D eigenvalue weighted by Crippen LogP contribution is -2.29. The number of sulfonamides is 2. The molecule has 6 N–H and O–H groups in total. The van der Waals surface area contributed by atoms with Crippen molar-refractivity contribution in [1.82, 2.24) is 4.72 Å². The number of nitrogen functional groups attached to an aromatic ring is 1. The largest absolute Gasteiger partial charge is 0.397 e. The summed E-state index contributed by atoms with van der Waals surface area (Å²) in [5.74, 6) is -0.153. The highest BCUT2D eigenvalue weighted by molar-refractivity contribution is 7.89. The highest BCUT2D eigenvalue weighted by Crippen LogP contribution is 2.21. The molecule has 114 valence electrons. The predicted molar refractivity (Wildman–Crippen MR) is 78.2 cm³/mol. The fraction of sp³-hybridized carbons (Fsp3) is 0.400. The topological polar surface area (TPSA) is 144 Å². The van der Waals surface area contributed by atoms with Crippen molar-refractivity contribution in [2.75, 3.05) is 29.9 Å². The Labute approximate surface area is 118 Å². The molecular weight excluding hydrogens is 304 g/mol. The number of anilines is 2. The van der Waals surface area contributed by atoms with Gasteiger partial charge in [0.05, 0.1) is 22.0 Å². The quantitative estimate of drug-likeness (QED) is 0.487. The first-order valence-electron chi connectivity index (χ1n) is 5.79. The Morgan fingerprint density at radius 1 is 1.20 bits per heavy atom. The molecule has 0 saturated heterocycles. The Kier molecular flexibility index (Phi) is 5.34. The Hall–Kier alpha value is -1.36. The van der Waals surface area contributed by atoms with Gasteiger partial charge in [0.1, 0.15) is 0 Å². The van der Waals surface area contributed by atoms with E-state index in [2.05, 4.69) is 10.0 Å². The zero-order valence-corrected chi connectivity index (χ0v) is 12.6. The third-order valence-corrected chi connectivity index (χ3v) is 4.78. The van der Waals surface area contributed by atoms with Gasteiger partial charge >= 0.3 is 0 Å². The van der Waals surface area contributed by atoms with E-state index in [0.29, 0.717) is 17.9 Å². The van der Waals surface area contributed by atoms with Gasteiger partial charge in [-0.2, -0.15) is 0 Å². The summed E-state index contributed by atoms with van der Waals surface area (Å²) in [6.45, 7) is 2.08. The smallest absolute Gasteiger partial charge is 0.238 e. The summed E-state index contributed by atoms with van der Waals surface area (Å²) in [7, 11) is -7.18. The van der Waals surface area contributed by atoms with Gasteiger partial charge < -0.3 is 11.1 Å². The number of hydrogen-bond acceptors (Lipinski definition) is 6. The van der Waals surface area contributed by atoms with Crippen LogP contribution in [-0.4, -0.2) is 35.7 Å². The minimum atomic E-state index is -3.83. The molecule has 0 saturated carbocycles. The molecule has 1 rings (SSSR count). The number of benzene rings is 1. The number of nitrogens with two attached hydrogens (primary N) is 2. The molecule has 0 bridgehead atoms. The molecule has 0 radical (unpaired) electrons. The van der Waals surface area contributed by atoms with E-state index in [1.54, 1.807) is 6.92 Å².